The van der Waals surface area contributed by atoms with E-state index in [9.17, 15) is 18.3 Å². The highest BCUT2D eigenvalue weighted by Crippen LogP contribution is 2.35. The number of amides is 2. The molecule has 37 heavy (non-hydrogen) atoms. The van der Waals surface area contributed by atoms with E-state index in [0.717, 1.165) is 24.3 Å². The molecule has 2 fully saturated rings. The number of hydrogen-bond donors (Lipinski definition) is 3. The van der Waals surface area contributed by atoms with E-state index in [-0.39, 0.29) is 18.1 Å². The number of likely N-dealkylation sites (tertiary alicyclic amines) is 1. The molecule has 2 aliphatic rings. The van der Waals surface area contributed by atoms with Gasteiger partial charge < -0.3 is 20.2 Å². The zero-order chi connectivity index (χ0) is 26.8. The highest BCUT2D eigenvalue weighted by atomic mass is 35.5. The molecule has 8 nitrogen and oxygen atoms in total. The van der Waals surface area contributed by atoms with Gasteiger partial charge in [0.15, 0.2) is 0 Å². The Morgan fingerprint density at radius 3 is 2.24 bits per heavy atom. The molecule has 0 aromatic heterocycles. The van der Waals surface area contributed by atoms with E-state index in [4.69, 9.17) is 11.6 Å². The normalized spacial score (nSPS) is 22.2. The number of carbonyl (C=O) groups excluding carboxylic acids is 1. The molecule has 2 amide bonds. The number of nitrogens with zero attached hydrogens (tertiary/aromatic N) is 2. The third-order valence-corrected chi connectivity index (χ3v) is 9.70. The maximum atomic E-state index is 12.9. The van der Waals surface area contributed by atoms with Crippen molar-refractivity contribution in [3.05, 3.63) is 59.1 Å². The van der Waals surface area contributed by atoms with E-state index in [1.165, 1.54) is 0 Å². The minimum Gasteiger partial charge on any atom is -0.385 e. The molecule has 202 valence electrons. The number of halogens is 1. The van der Waals surface area contributed by atoms with Crippen molar-refractivity contribution >= 4 is 39.0 Å². The fourth-order valence-electron chi connectivity index (χ4n) is 5.08. The van der Waals surface area contributed by atoms with Crippen LogP contribution in [0, 0.1) is 0 Å². The Kier molecular flexibility index (Phi) is 8.38. The molecule has 2 aromatic carbocycles. The highest BCUT2D eigenvalue weighted by molar-refractivity contribution is 7.90. The fourth-order valence-corrected chi connectivity index (χ4v) is 6.16. The molecule has 2 aromatic rings. The van der Waals surface area contributed by atoms with Gasteiger partial charge in [0, 0.05) is 48.1 Å². The topological polar surface area (TPSA) is 102 Å². The second-order valence-corrected chi connectivity index (χ2v) is 13.2. The molecule has 3 N–H and O–H groups in total. The predicted octanol–water partition coefficient (Wildman–Crippen LogP) is 4.54. The third-order valence-electron chi connectivity index (χ3n) is 7.54. The van der Waals surface area contributed by atoms with Crippen molar-refractivity contribution in [2.75, 3.05) is 29.9 Å². The molecule has 0 spiro atoms. The summed E-state index contributed by atoms with van der Waals surface area (Å²) in [5, 5.41) is 14.3. The van der Waals surface area contributed by atoms with Crippen molar-refractivity contribution in [1.29, 1.82) is 0 Å². The predicted molar refractivity (Wildman–Crippen MR) is 149 cm³/mol. The van der Waals surface area contributed by atoms with Gasteiger partial charge in [-0.3, -0.25) is 0 Å². The Morgan fingerprint density at radius 1 is 1.05 bits per heavy atom. The molecule has 4 rings (SSSR count). The van der Waals surface area contributed by atoms with Crippen LogP contribution in [-0.4, -0.2) is 61.4 Å². The first-order valence-corrected chi connectivity index (χ1v) is 14.8. The summed E-state index contributed by atoms with van der Waals surface area (Å²) < 4.78 is 27.2. The van der Waals surface area contributed by atoms with Gasteiger partial charge in [0.2, 0.25) is 10.0 Å². The van der Waals surface area contributed by atoms with Gasteiger partial charge in [0.05, 0.1) is 10.9 Å². The van der Waals surface area contributed by atoms with Crippen molar-refractivity contribution in [1.82, 2.24) is 9.62 Å². The molecule has 2 heterocycles. The molecule has 2 unspecified atom stereocenters. The van der Waals surface area contributed by atoms with Gasteiger partial charge in [0.25, 0.3) is 0 Å². The Morgan fingerprint density at radius 2 is 1.68 bits per heavy atom. The summed E-state index contributed by atoms with van der Waals surface area (Å²) in [7, 11) is -3.34. The third kappa shape index (κ3) is 6.57. The van der Waals surface area contributed by atoms with E-state index < -0.39 is 20.9 Å². The quantitative estimate of drug-likeness (QED) is 0.492. The number of anilines is 2. The summed E-state index contributed by atoms with van der Waals surface area (Å²) >= 11 is 5.99. The van der Waals surface area contributed by atoms with E-state index in [0.29, 0.717) is 42.9 Å². The molecule has 0 saturated carbocycles. The Hall–Kier alpha value is -2.33. The van der Waals surface area contributed by atoms with Crippen LogP contribution in [-0.2, 0) is 15.6 Å². The van der Waals surface area contributed by atoms with E-state index in [1.807, 2.05) is 55.5 Å². The molecular weight excluding hydrogens is 512 g/mol. The van der Waals surface area contributed by atoms with Crippen molar-refractivity contribution < 1.29 is 18.3 Å². The summed E-state index contributed by atoms with van der Waals surface area (Å²) in [6.07, 6.45) is 2.40. The summed E-state index contributed by atoms with van der Waals surface area (Å²) in [6.45, 7) is 7.19. The molecular formula is C27H37ClN4O4S. The zero-order valence-electron chi connectivity index (χ0n) is 21.7. The van der Waals surface area contributed by atoms with Gasteiger partial charge >= 0.3 is 6.03 Å². The van der Waals surface area contributed by atoms with Gasteiger partial charge in [-0.2, -0.15) is 0 Å². The van der Waals surface area contributed by atoms with Gasteiger partial charge in [-0.1, -0.05) is 23.7 Å². The maximum Gasteiger partial charge on any atom is 0.322 e. The Balaban J connectivity index is 1.29. The van der Waals surface area contributed by atoms with Crippen LogP contribution < -0.4 is 14.9 Å². The van der Waals surface area contributed by atoms with Gasteiger partial charge in [-0.05, 0) is 88.4 Å². The standard InChI is InChI=1S/C27H37ClN4O4S/c1-19(2)37(35,36)30-24-12-15-32(20(3)18-24)26(33)29-23-8-10-25(11-9-23)31-16-13-27(34,14-17-31)21-4-6-22(28)7-5-21/h4-11,19-20,24,30,34H,12-18H2,1-3H3,(H,29,33). The number of sulfonamides is 1. The van der Waals surface area contributed by atoms with Gasteiger partial charge in [-0.25, -0.2) is 17.9 Å². The second-order valence-electron chi connectivity index (χ2n) is 10.5. The molecule has 0 bridgehead atoms. The number of carbonyl (C=O) groups is 1. The lowest BCUT2D eigenvalue weighted by Gasteiger charge is -2.39. The molecule has 0 aliphatic carbocycles. The monoisotopic (exact) mass is 548 g/mol. The number of nitrogens with one attached hydrogen (secondary N) is 2. The second kappa shape index (κ2) is 11.2. The average Bonchev–Trinajstić information content (AvgIpc) is 2.85. The van der Waals surface area contributed by atoms with Crippen LogP contribution in [0.5, 0.6) is 0 Å². The lowest BCUT2D eigenvalue weighted by Crippen LogP contribution is -2.52. The first-order valence-electron chi connectivity index (χ1n) is 12.9. The summed E-state index contributed by atoms with van der Waals surface area (Å²) in [5.74, 6) is 0. The van der Waals surface area contributed by atoms with Crippen LogP contribution in [0.2, 0.25) is 5.02 Å². The van der Waals surface area contributed by atoms with Gasteiger partial charge in [0.1, 0.15) is 0 Å². The van der Waals surface area contributed by atoms with Crippen molar-refractivity contribution in [3.8, 4) is 0 Å². The molecule has 2 aliphatic heterocycles. The van der Waals surface area contributed by atoms with Crippen molar-refractivity contribution in [2.24, 2.45) is 0 Å². The number of piperidine rings is 2. The fraction of sp³-hybridized carbons (Fsp3) is 0.519. The summed E-state index contributed by atoms with van der Waals surface area (Å²) in [4.78, 5) is 16.9. The molecule has 0 radical (unpaired) electrons. The number of aliphatic hydroxyl groups is 1. The minimum absolute atomic E-state index is 0.0828. The van der Waals surface area contributed by atoms with Crippen LogP contribution >= 0.6 is 11.6 Å². The first kappa shape index (κ1) is 27.7. The van der Waals surface area contributed by atoms with Crippen LogP contribution in [0.15, 0.2) is 48.5 Å². The number of rotatable bonds is 6. The largest absolute Gasteiger partial charge is 0.385 e. The van der Waals surface area contributed by atoms with E-state index >= 15 is 0 Å². The lowest BCUT2D eigenvalue weighted by atomic mass is 9.84. The molecule has 2 saturated heterocycles. The zero-order valence-corrected chi connectivity index (χ0v) is 23.2. The number of urea groups is 1. The Labute approximate surface area is 225 Å². The first-order chi connectivity index (χ1) is 17.5. The molecule has 10 heteroatoms. The Bertz CT molecular complexity index is 1180. The summed E-state index contributed by atoms with van der Waals surface area (Å²) in [6, 6.07) is 14.7. The highest BCUT2D eigenvalue weighted by Gasteiger charge is 2.34. The van der Waals surface area contributed by atoms with Gasteiger partial charge in [-0.15, -0.1) is 0 Å². The average molecular weight is 549 g/mol. The smallest absolute Gasteiger partial charge is 0.322 e. The molecule has 2 atom stereocenters. The number of hydrogen-bond acceptors (Lipinski definition) is 5. The van der Waals surface area contributed by atoms with Crippen molar-refractivity contribution in [3.63, 3.8) is 0 Å². The van der Waals surface area contributed by atoms with Crippen LogP contribution in [0.3, 0.4) is 0 Å². The lowest BCUT2D eigenvalue weighted by molar-refractivity contribution is 0.0118. The SMILES string of the molecule is CC1CC(NS(=O)(=O)C(C)C)CCN1C(=O)Nc1ccc(N2CCC(O)(c3ccc(Cl)cc3)CC2)cc1. The van der Waals surface area contributed by atoms with E-state index in [2.05, 4.69) is 14.9 Å². The van der Waals surface area contributed by atoms with Crippen LogP contribution in [0.25, 0.3) is 0 Å². The summed E-state index contributed by atoms with van der Waals surface area (Å²) in [5.41, 5.74) is 1.79. The van der Waals surface area contributed by atoms with Crippen molar-refractivity contribution in [2.45, 2.75) is 69.4 Å². The van der Waals surface area contributed by atoms with Crippen LogP contribution in [0.1, 0.15) is 52.0 Å². The number of benzene rings is 2. The maximum absolute atomic E-state index is 12.9. The van der Waals surface area contributed by atoms with Crippen LogP contribution in [0.4, 0.5) is 16.2 Å². The van der Waals surface area contributed by atoms with E-state index in [1.54, 1.807) is 18.7 Å². The minimum atomic E-state index is -3.34.